The molecule has 11 heteroatoms. The molecule has 1 heterocycles. The van der Waals surface area contributed by atoms with Crippen molar-refractivity contribution in [1.29, 1.82) is 0 Å². The van der Waals surface area contributed by atoms with E-state index in [1.807, 2.05) is 32.9 Å². The molecule has 0 aliphatic carbocycles. The fourth-order valence-electron chi connectivity index (χ4n) is 4.81. The molecule has 0 radical (unpaired) electrons. The van der Waals surface area contributed by atoms with Gasteiger partial charge in [-0.2, -0.15) is 9.78 Å². The number of benzene rings is 4. The lowest BCUT2D eigenvalue weighted by Crippen LogP contribution is -2.20. The fraction of sp³-hybridized carbons (Fsp3) is 0.182. The average Bonchev–Trinajstić information content (AvgIpc) is 3.00. The molecular weight excluding hydrogens is 631 g/mol. The van der Waals surface area contributed by atoms with E-state index in [-0.39, 0.29) is 34.0 Å². The number of fused-ring (bicyclic) bond motifs is 1. The summed E-state index contributed by atoms with van der Waals surface area (Å²) in [6, 6.07) is 19.7. The van der Waals surface area contributed by atoms with Crippen LogP contribution in [0, 0.1) is 22.9 Å². The van der Waals surface area contributed by atoms with Gasteiger partial charge in [0.2, 0.25) is 5.75 Å². The molecule has 44 heavy (non-hydrogen) atoms. The summed E-state index contributed by atoms with van der Waals surface area (Å²) >= 11 is 3.35. The second-order valence-electron chi connectivity index (χ2n) is 10.4. The maximum absolute atomic E-state index is 14.1. The van der Waals surface area contributed by atoms with Crippen molar-refractivity contribution >= 4 is 38.7 Å². The maximum atomic E-state index is 14.1. The lowest BCUT2D eigenvalue weighted by Gasteiger charge is -2.17. The third kappa shape index (κ3) is 6.09. The van der Waals surface area contributed by atoms with Crippen LogP contribution in [0.2, 0.25) is 0 Å². The first kappa shape index (κ1) is 30.6. The van der Waals surface area contributed by atoms with Gasteiger partial charge in [-0.15, -0.1) is 0 Å². The highest BCUT2D eigenvalue weighted by Crippen LogP contribution is 2.37. The average molecular weight is 660 g/mol. The normalized spacial score (nSPS) is 11.4. The van der Waals surface area contributed by atoms with E-state index < -0.39 is 16.3 Å². The monoisotopic (exact) mass is 658 g/mol. The topological polar surface area (TPSA) is 109 Å². The molecule has 4 aromatic carbocycles. The highest BCUT2D eigenvalue weighted by Gasteiger charge is 2.22. The lowest BCUT2D eigenvalue weighted by atomic mass is 9.96. The number of hydrogen-bond acceptors (Lipinski definition) is 7. The first-order valence-electron chi connectivity index (χ1n) is 13.7. The quantitative estimate of drug-likeness (QED) is 0.0909. The number of hydrogen-bond donors (Lipinski definition) is 0. The number of ether oxygens (including phenoxy) is 2. The highest BCUT2D eigenvalue weighted by atomic mass is 79.9. The van der Waals surface area contributed by atoms with Crippen LogP contribution in [0.1, 0.15) is 42.0 Å². The number of rotatable bonds is 9. The number of halogens is 2. The summed E-state index contributed by atoms with van der Waals surface area (Å²) in [4.78, 5) is 30.0. The van der Waals surface area contributed by atoms with E-state index in [4.69, 9.17) is 14.5 Å². The van der Waals surface area contributed by atoms with E-state index in [1.165, 1.54) is 29.1 Å². The second kappa shape index (κ2) is 12.8. The van der Waals surface area contributed by atoms with E-state index in [0.29, 0.717) is 27.9 Å². The lowest BCUT2D eigenvalue weighted by molar-refractivity contribution is -0.386. The molecule has 0 bridgehead atoms. The van der Waals surface area contributed by atoms with Crippen LogP contribution in [0.4, 0.5) is 10.1 Å². The molecule has 0 aliphatic heterocycles. The third-order valence-electron chi connectivity index (χ3n) is 7.09. The van der Waals surface area contributed by atoms with Crippen LogP contribution < -0.4 is 15.0 Å². The van der Waals surface area contributed by atoms with E-state index in [2.05, 4.69) is 21.0 Å². The fourth-order valence-corrected chi connectivity index (χ4v) is 5.40. The minimum atomic E-state index is -0.595. The van der Waals surface area contributed by atoms with Gasteiger partial charge in [0.15, 0.2) is 5.82 Å². The molecule has 5 aromatic rings. The Morgan fingerprint density at radius 2 is 1.84 bits per heavy atom. The molecule has 0 saturated heterocycles. The van der Waals surface area contributed by atoms with Gasteiger partial charge in [0, 0.05) is 22.8 Å². The first-order chi connectivity index (χ1) is 21.1. The highest BCUT2D eigenvalue weighted by molar-refractivity contribution is 9.10. The Morgan fingerprint density at radius 3 is 2.55 bits per heavy atom. The van der Waals surface area contributed by atoms with Gasteiger partial charge in [-0.1, -0.05) is 44.2 Å². The van der Waals surface area contributed by atoms with Crippen LogP contribution in [0.15, 0.2) is 87.2 Å². The van der Waals surface area contributed by atoms with Crippen molar-refractivity contribution in [3.05, 3.63) is 126 Å². The van der Waals surface area contributed by atoms with Gasteiger partial charge in [0.25, 0.3) is 5.56 Å². The van der Waals surface area contributed by atoms with Gasteiger partial charge in [-0.05, 0) is 76.3 Å². The van der Waals surface area contributed by atoms with Crippen molar-refractivity contribution in [3.8, 4) is 22.9 Å². The standard InChI is InChI=1S/C33H28BrFN4O5/c1-19(2)24-16-25(20(3)13-30(24)43-4)32-37-28-12-8-6-10-23(28)33(40)38(32)36-17-21-14-26(34)31(29(15-21)39(41)42)44-18-22-9-5-7-11-27(22)35/h5-17,19H,18H2,1-4H3. The second-order valence-corrected chi connectivity index (χ2v) is 11.2. The zero-order valence-corrected chi connectivity index (χ0v) is 26.0. The number of nitro groups is 1. The van der Waals surface area contributed by atoms with Gasteiger partial charge >= 0.3 is 5.69 Å². The Morgan fingerprint density at radius 1 is 1.11 bits per heavy atom. The smallest absolute Gasteiger partial charge is 0.312 e. The van der Waals surface area contributed by atoms with Crippen LogP contribution in [0.5, 0.6) is 11.5 Å². The molecule has 0 N–H and O–H groups in total. The number of aromatic nitrogens is 2. The van der Waals surface area contributed by atoms with E-state index in [9.17, 15) is 19.3 Å². The van der Waals surface area contributed by atoms with Gasteiger partial charge in [-0.25, -0.2) is 9.37 Å². The summed E-state index contributed by atoms with van der Waals surface area (Å²) < 4.78 is 26.8. The third-order valence-corrected chi connectivity index (χ3v) is 7.68. The summed E-state index contributed by atoms with van der Waals surface area (Å²) in [5.41, 5.74) is 2.79. The number of aryl methyl sites for hydroxylation is 1. The molecule has 224 valence electrons. The summed E-state index contributed by atoms with van der Waals surface area (Å²) in [6.45, 7) is 5.79. The largest absolute Gasteiger partial charge is 0.496 e. The van der Waals surface area contributed by atoms with Gasteiger partial charge in [0.1, 0.15) is 18.2 Å². The van der Waals surface area contributed by atoms with Crippen molar-refractivity contribution in [3.63, 3.8) is 0 Å². The van der Waals surface area contributed by atoms with Crippen LogP contribution in [-0.2, 0) is 6.61 Å². The molecule has 0 fully saturated rings. The van der Waals surface area contributed by atoms with E-state index >= 15 is 0 Å². The molecule has 1 aromatic heterocycles. The molecule has 0 spiro atoms. The molecule has 0 unspecified atom stereocenters. The molecule has 0 amide bonds. The summed E-state index contributed by atoms with van der Waals surface area (Å²) in [5, 5.41) is 16.9. The van der Waals surface area contributed by atoms with Gasteiger partial charge in [-0.3, -0.25) is 14.9 Å². The number of methoxy groups -OCH3 is 1. The molecule has 5 rings (SSSR count). The number of para-hydroxylation sites is 1. The Hall–Kier alpha value is -4.90. The predicted octanol–water partition coefficient (Wildman–Crippen LogP) is 7.77. The molecule has 9 nitrogen and oxygen atoms in total. The van der Waals surface area contributed by atoms with Crippen LogP contribution >= 0.6 is 15.9 Å². The molecule has 0 atom stereocenters. The summed E-state index contributed by atoms with van der Waals surface area (Å²) in [5.74, 6) is 0.633. The Balaban J connectivity index is 1.62. The Labute approximate surface area is 260 Å². The van der Waals surface area contributed by atoms with Crippen LogP contribution in [0.25, 0.3) is 22.3 Å². The van der Waals surface area contributed by atoms with Crippen molar-refractivity contribution in [2.75, 3.05) is 7.11 Å². The SMILES string of the molecule is COc1cc(C)c(-c2nc3ccccc3c(=O)n2N=Cc2cc(Br)c(OCc3ccccc3F)c([N+](=O)[O-])c2)cc1C(C)C. The minimum absolute atomic E-state index is 0.0595. The number of nitrogens with zero attached hydrogens (tertiary/aromatic N) is 4. The van der Waals surface area contributed by atoms with E-state index in [0.717, 1.165) is 16.9 Å². The first-order valence-corrected chi connectivity index (χ1v) is 14.5. The van der Waals surface area contributed by atoms with Crippen molar-refractivity contribution in [2.24, 2.45) is 5.10 Å². The summed E-state index contributed by atoms with van der Waals surface area (Å²) in [7, 11) is 1.61. The number of nitro benzene ring substituents is 1. The van der Waals surface area contributed by atoms with Crippen molar-refractivity contribution in [2.45, 2.75) is 33.3 Å². The zero-order chi connectivity index (χ0) is 31.5. The van der Waals surface area contributed by atoms with Crippen LogP contribution in [-0.4, -0.2) is 27.9 Å². The molecule has 0 saturated carbocycles. The molecule has 0 aliphatic rings. The van der Waals surface area contributed by atoms with Gasteiger partial charge in [0.05, 0.1) is 33.6 Å². The van der Waals surface area contributed by atoms with Crippen LogP contribution in [0.3, 0.4) is 0 Å². The van der Waals surface area contributed by atoms with Gasteiger partial charge < -0.3 is 9.47 Å². The van der Waals surface area contributed by atoms with Crippen molar-refractivity contribution in [1.82, 2.24) is 9.66 Å². The van der Waals surface area contributed by atoms with E-state index in [1.54, 1.807) is 49.6 Å². The minimum Gasteiger partial charge on any atom is -0.496 e. The predicted molar refractivity (Wildman–Crippen MR) is 171 cm³/mol. The summed E-state index contributed by atoms with van der Waals surface area (Å²) in [6.07, 6.45) is 1.35. The maximum Gasteiger partial charge on any atom is 0.312 e. The molecular formula is C33H28BrFN4O5. The zero-order valence-electron chi connectivity index (χ0n) is 24.4. The Kier molecular flexibility index (Phi) is 8.86. The van der Waals surface area contributed by atoms with Crippen molar-refractivity contribution < 1.29 is 18.8 Å². The Bertz CT molecular complexity index is 1990.